The average molecular weight is 513 g/mol. The second-order valence-electron chi connectivity index (χ2n) is 7.22. The highest BCUT2D eigenvalue weighted by atomic mass is 19.2. The van der Waals surface area contributed by atoms with E-state index in [9.17, 15) is 22.8 Å². The zero-order valence-corrected chi connectivity index (χ0v) is 21.7. The van der Waals surface area contributed by atoms with Crippen molar-refractivity contribution >= 4 is 29.4 Å². The van der Waals surface area contributed by atoms with Crippen LogP contribution in [-0.2, 0) is 9.63 Å². The number of hydrogen-bond acceptors (Lipinski definition) is 6. The quantitative estimate of drug-likeness (QED) is 0.360. The Hall–Kier alpha value is -3.60. The Morgan fingerprint density at radius 3 is 2.25 bits per heavy atom. The summed E-state index contributed by atoms with van der Waals surface area (Å²) in [5.41, 5.74) is -0.692. The van der Waals surface area contributed by atoms with E-state index in [0.29, 0.717) is 12.2 Å². The van der Waals surface area contributed by atoms with Gasteiger partial charge >= 0.3 is 0 Å². The van der Waals surface area contributed by atoms with E-state index in [1.165, 1.54) is 38.2 Å². The Labute approximate surface area is 210 Å². The molecular formula is C25H35F3N4O4. The van der Waals surface area contributed by atoms with Crippen LogP contribution in [0.1, 0.15) is 48.7 Å². The normalized spacial score (nSPS) is 9.97. The van der Waals surface area contributed by atoms with Gasteiger partial charge in [-0.2, -0.15) is 0 Å². The fourth-order valence-corrected chi connectivity index (χ4v) is 2.35. The zero-order valence-electron chi connectivity index (χ0n) is 21.7. The molecule has 0 aliphatic rings. The lowest BCUT2D eigenvalue weighted by Gasteiger charge is -2.15. The third-order valence-corrected chi connectivity index (χ3v) is 4.27. The minimum absolute atomic E-state index is 0.129. The van der Waals surface area contributed by atoms with Crippen LogP contribution in [0.15, 0.2) is 29.4 Å². The van der Waals surface area contributed by atoms with Crippen molar-refractivity contribution in [1.82, 2.24) is 10.2 Å². The average Bonchev–Trinajstić information content (AvgIpc) is 2.87. The molecule has 0 aromatic heterocycles. The van der Waals surface area contributed by atoms with Crippen LogP contribution in [0.3, 0.4) is 0 Å². The summed E-state index contributed by atoms with van der Waals surface area (Å²) in [5, 5.41) is 16.1. The van der Waals surface area contributed by atoms with E-state index in [1.807, 2.05) is 20.8 Å². The number of halogens is 3. The summed E-state index contributed by atoms with van der Waals surface area (Å²) >= 11 is 0. The number of aryl methyl sites for hydroxylation is 1. The van der Waals surface area contributed by atoms with Gasteiger partial charge in [0.05, 0.1) is 23.2 Å². The number of nitrogens with one attached hydrogen (secondary N) is 2. The first kappa shape index (κ1) is 32.4. The van der Waals surface area contributed by atoms with Crippen LogP contribution in [0.5, 0.6) is 0 Å². The lowest BCUT2D eigenvalue weighted by molar-refractivity contribution is -0.133. The largest absolute Gasteiger partial charge is 0.396 e. The molecule has 2 rings (SSSR count). The number of hydrogen-bond donors (Lipinski definition) is 3. The van der Waals surface area contributed by atoms with Gasteiger partial charge in [-0.3, -0.25) is 9.59 Å². The summed E-state index contributed by atoms with van der Waals surface area (Å²) in [4.78, 5) is 29.7. The van der Waals surface area contributed by atoms with E-state index in [0.717, 1.165) is 18.7 Å². The van der Waals surface area contributed by atoms with Crippen LogP contribution >= 0.6 is 0 Å². The first-order chi connectivity index (χ1) is 17.1. The summed E-state index contributed by atoms with van der Waals surface area (Å²) in [7, 11) is 4.34. The van der Waals surface area contributed by atoms with E-state index >= 15 is 0 Å². The second kappa shape index (κ2) is 16.9. The summed E-state index contributed by atoms with van der Waals surface area (Å²) < 4.78 is 43.4. The van der Waals surface area contributed by atoms with Gasteiger partial charge in [0, 0.05) is 33.3 Å². The summed E-state index contributed by atoms with van der Waals surface area (Å²) in [6.07, 6.45) is 1.71. The highest BCUT2D eigenvalue weighted by Gasteiger charge is 2.22. The van der Waals surface area contributed by atoms with Crippen molar-refractivity contribution in [2.75, 3.05) is 39.7 Å². The number of rotatable bonds is 8. The standard InChI is InChI=1S/C20H21F3N4O3.C3H8O.C2H6/c1-11-5-6-15(14(21)7-11)26-19-13(20(29)24-2)8-12(17(22)18(19)23)9-25-30-10-16(28)27(3)4;1-2-3-4;1-2/h5-9,26H,10H2,1-4H3,(H,24,29);4H,2-3H2,1H3;1-2H3/b25-9+;;. The zero-order chi connectivity index (χ0) is 27.8. The van der Waals surface area contributed by atoms with Gasteiger partial charge in [0.25, 0.3) is 11.8 Å². The maximum atomic E-state index is 14.8. The smallest absolute Gasteiger partial charge is 0.262 e. The first-order valence-electron chi connectivity index (χ1n) is 11.3. The topological polar surface area (TPSA) is 103 Å². The molecule has 36 heavy (non-hydrogen) atoms. The number of oxime groups is 1. The van der Waals surface area contributed by atoms with Crippen LogP contribution in [0, 0.1) is 24.4 Å². The van der Waals surface area contributed by atoms with Crippen molar-refractivity contribution in [3.05, 3.63) is 58.4 Å². The fourth-order valence-electron chi connectivity index (χ4n) is 2.35. The van der Waals surface area contributed by atoms with Crippen molar-refractivity contribution in [2.45, 2.75) is 34.1 Å². The molecule has 0 heterocycles. The van der Waals surface area contributed by atoms with Crippen molar-refractivity contribution in [3.8, 4) is 0 Å². The molecule has 3 N–H and O–H groups in total. The van der Waals surface area contributed by atoms with Crippen LogP contribution in [0.25, 0.3) is 0 Å². The Kier molecular flexibility index (Phi) is 15.2. The number of aliphatic hydroxyl groups excluding tert-OH is 1. The number of nitrogens with zero attached hydrogens (tertiary/aromatic N) is 2. The molecule has 2 aromatic rings. The first-order valence-corrected chi connectivity index (χ1v) is 11.3. The van der Waals surface area contributed by atoms with Gasteiger partial charge in [-0.1, -0.05) is 32.0 Å². The van der Waals surface area contributed by atoms with Crippen molar-refractivity contribution < 1.29 is 32.7 Å². The highest BCUT2D eigenvalue weighted by molar-refractivity contribution is 6.02. The Morgan fingerprint density at radius 1 is 1.14 bits per heavy atom. The number of carbonyl (C=O) groups is 2. The molecule has 0 saturated heterocycles. The number of aliphatic hydroxyl groups is 1. The van der Waals surface area contributed by atoms with Gasteiger partial charge in [-0.25, -0.2) is 13.2 Å². The molecule has 8 nitrogen and oxygen atoms in total. The maximum absolute atomic E-state index is 14.8. The number of carbonyl (C=O) groups excluding carboxylic acids is 2. The highest BCUT2D eigenvalue weighted by Crippen LogP contribution is 2.30. The monoisotopic (exact) mass is 512 g/mol. The summed E-state index contributed by atoms with van der Waals surface area (Å²) in [6.45, 7) is 7.52. The molecule has 0 spiro atoms. The maximum Gasteiger partial charge on any atom is 0.262 e. The predicted molar refractivity (Wildman–Crippen MR) is 135 cm³/mol. The van der Waals surface area contributed by atoms with Gasteiger partial charge in [0.2, 0.25) is 0 Å². The van der Waals surface area contributed by atoms with E-state index in [2.05, 4.69) is 15.8 Å². The van der Waals surface area contributed by atoms with Crippen molar-refractivity contribution in [2.24, 2.45) is 5.16 Å². The molecule has 0 aliphatic carbocycles. The van der Waals surface area contributed by atoms with Crippen molar-refractivity contribution in [1.29, 1.82) is 0 Å². The molecule has 0 saturated carbocycles. The molecule has 2 aromatic carbocycles. The van der Waals surface area contributed by atoms with E-state index in [-0.39, 0.29) is 17.2 Å². The Bertz CT molecular complexity index is 1030. The molecule has 0 aliphatic heterocycles. The Balaban J connectivity index is 0.00000185. The van der Waals surface area contributed by atoms with Gasteiger partial charge in [-0.05, 0) is 37.1 Å². The molecule has 2 amide bonds. The second-order valence-corrected chi connectivity index (χ2v) is 7.22. The van der Waals surface area contributed by atoms with E-state index < -0.39 is 41.2 Å². The number of amides is 2. The van der Waals surface area contributed by atoms with Crippen LogP contribution in [-0.4, -0.2) is 62.4 Å². The molecule has 0 radical (unpaired) electrons. The van der Waals surface area contributed by atoms with Crippen molar-refractivity contribution in [3.63, 3.8) is 0 Å². The van der Waals surface area contributed by atoms with Crippen LogP contribution in [0.4, 0.5) is 24.5 Å². The minimum atomic E-state index is -1.40. The van der Waals surface area contributed by atoms with Gasteiger partial charge in [0.1, 0.15) is 5.82 Å². The lowest BCUT2D eigenvalue weighted by atomic mass is 10.1. The SMILES string of the molecule is CC.CCCO.CNC(=O)c1cc(/C=N/OCC(=O)N(C)C)c(F)c(F)c1Nc1ccc(C)cc1F. The fraction of sp³-hybridized carbons (Fsp3) is 0.400. The van der Waals surface area contributed by atoms with E-state index in [4.69, 9.17) is 9.94 Å². The molecule has 0 unspecified atom stereocenters. The molecule has 0 atom stereocenters. The number of benzene rings is 2. The summed E-state index contributed by atoms with van der Waals surface area (Å²) in [6, 6.07) is 5.17. The number of likely N-dealkylation sites (N-methyl/N-ethyl adjacent to an activating group) is 1. The lowest BCUT2D eigenvalue weighted by Crippen LogP contribution is -2.25. The third-order valence-electron chi connectivity index (χ3n) is 4.27. The minimum Gasteiger partial charge on any atom is -0.396 e. The van der Waals surface area contributed by atoms with E-state index in [1.54, 1.807) is 13.0 Å². The van der Waals surface area contributed by atoms with Gasteiger partial charge in [0.15, 0.2) is 18.2 Å². The van der Waals surface area contributed by atoms with Crippen LogP contribution in [0.2, 0.25) is 0 Å². The van der Waals surface area contributed by atoms with Crippen LogP contribution < -0.4 is 10.6 Å². The molecular weight excluding hydrogens is 477 g/mol. The summed E-state index contributed by atoms with van der Waals surface area (Å²) in [5.74, 6) is -4.54. The van der Waals surface area contributed by atoms with Gasteiger partial charge < -0.3 is 25.5 Å². The third kappa shape index (κ3) is 9.95. The molecule has 200 valence electrons. The molecule has 11 heteroatoms. The van der Waals surface area contributed by atoms with Gasteiger partial charge in [-0.15, -0.1) is 0 Å². The molecule has 0 bridgehead atoms. The predicted octanol–water partition coefficient (Wildman–Crippen LogP) is 4.37. The number of anilines is 2. The molecule has 0 fully saturated rings. The Morgan fingerprint density at radius 2 is 1.75 bits per heavy atom.